The van der Waals surface area contributed by atoms with Gasteiger partial charge < -0.3 is 14.4 Å². The molecular weight excluding hydrogens is 448 g/mol. The molecule has 4 aromatic rings. The minimum atomic E-state index is -0.0677. The Kier molecular flexibility index (Phi) is 5.76. The van der Waals surface area contributed by atoms with Gasteiger partial charge in [0, 0.05) is 42.7 Å². The van der Waals surface area contributed by atoms with E-state index in [9.17, 15) is 0 Å². The maximum absolute atomic E-state index is 6.05. The van der Waals surface area contributed by atoms with Crippen molar-refractivity contribution in [2.75, 3.05) is 31.3 Å². The lowest BCUT2D eigenvalue weighted by atomic mass is 10.1. The second-order valence-electron chi connectivity index (χ2n) is 8.93. The van der Waals surface area contributed by atoms with Gasteiger partial charge in [-0.15, -0.1) is 11.3 Å². The molecule has 9 heteroatoms. The average molecular weight is 477 g/mol. The van der Waals surface area contributed by atoms with Gasteiger partial charge in [-0.25, -0.2) is 14.6 Å². The quantitative estimate of drug-likeness (QED) is 0.417. The van der Waals surface area contributed by atoms with Crippen molar-refractivity contribution in [1.29, 1.82) is 0 Å². The molecule has 2 aliphatic heterocycles. The summed E-state index contributed by atoms with van der Waals surface area (Å²) in [4.78, 5) is 18.0. The fourth-order valence-electron chi connectivity index (χ4n) is 4.88. The van der Waals surface area contributed by atoms with Crippen molar-refractivity contribution in [2.45, 2.75) is 45.4 Å². The van der Waals surface area contributed by atoms with E-state index < -0.39 is 0 Å². The molecule has 6 rings (SSSR count). The Morgan fingerprint density at radius 1 is 1.12 bits per heavy atom. The average Bonchev–Trinajstić information content (AvgIpc) is 3.53. The van der Waals surface area contributed by atoms with Crippen LogP contribution in [0.2, 0.25) is 0 Å². The number of ether oxygens (including phenoxy) is 2. The second-order valence-corrected chi connectivity index (χ2v) is 10.2. The summed E-state index contributed by atoms with van der Waals surface area (Å²) in [6.45, 7) is 7.19. The summed E-state index contributed by atoms with van der Waals surface area (Å²) < 4.78 is 13.7. The van der Waals surface area contributed by atoms with Crippen LogP contribution in [-0.2, 0) is 9.47 Å². The third-order valence-electron chi connectivity index (χ3n) is 6.60. The van der Waals surface area contributed by atoms with E-state index in [1.165, 1.54) is 0 Å². The molecule has 0 saturated carbocycles. The SMILES string of the molecule is Cc1ncc(-c2cc(N3CCOCC3C)nc3c(-c4ccnn4C4CCCCO4)nccc23)s1. The van der Waals surface area contributed by atoms with Crippen LogP contribution in [-0.4, -0.2) is 57.1 Å². The highest BCUT2D eigenvalue weighted by atomic mass is 32.1. The number of morpholine rings is 1. The lowest BCUT2D eigenvalue weighted by Crippen LogP contribution is -2.44. The van der Waals surface area contributed by atoms with Crippen LogP contribution >= 0.6 is 11.3 Å². The first kappa shape index (κ1) is 21.6. The number of aryl methyl sites for hydroxylation is 1. The van der Waals surface area contributed by atoms with Gasteiger partial charge in [-0.2, -0.15) is 5.10 Å². The number of rotatable bonds is 4. The first-order chi connectivity index (χ1) is 16.7. The molecule has 2 saturated heterocycles. The van der Waals surface area contributed by atoms with E-state index >= 15 is 0 Å². The van der Waals surface area contributed by atoms with E-state index in [4.69, 9.17) is 19.4 Å². The summed E-state index contributed by atoms with van der Waals surface area (Å²) in [6.07, 6.45) is 8.78. The molecule has 2 aliphatic rings. The van der Waals surface area contributed by atoms with Gasteiger partial charge >= 0.3 is 0 Å². The highest BCUT2D eigenvalue weighted by Crippen LogP contribution is 2.38. The van der Waals surface area contributed by atoms with Gasteiger partial charge in [0.15, 0.2) is 6.23 Å². The lowest BCUT2D eigenvalue weighted by molar-refractivity contribution is -0.0383. The minimum Gasteiger partial charge on any atom is -0.377 e. The minimum absolute atomic E-state index is 0.0677. The van der Waals surface area contributed by atoms with Crippen LogP contribution < -0.4 is 4.90 Å². The van der Waals surface area contributed by atoms with Gasteiger partial charge in [-0.1, -0.05) is 0 Å². The smallest absolute Gasteiger partial charge is 0.150 e. The van der Waals surface area contributed by atoms with Crippen molar-refractivity contribution in [3.63, 3.8) is 0 Å². The molecule has 8 nitrogen and oxygen atoms in total. The van der Waals surface area contributed by atoms with Gasteiger partial charge in [0.25, 0.3) is 0 Å². The van der Waals surface area contributed by atoms with Crippen molar-refractivity contribution in [1.82, 2.24) is 24.7 Å². The van der Waals surface area contributed by atoms with Crippen molar-refractivity contribution >= 4 is 28.1 Å². The zero-order valence-electron chi connectivity index (χ0n) is 19.5. The number of hydrogen-bond donors (Lipinski definition) is 0. The lowest BCUT2D eigenvalue weighted by Gasteiger charge is -2.34. The zero-order chi connectivity index (χ0) is 23.1. The number of anilines is 1. The molecule has 0 bridgehead atoms. The van der Waals surface area contributed by atoms with Gasteiger partial charge in [-0.3, -0.25) is 4.98 Å². The highest BCUT2D eigenvalue weighted by molar-refractivity contribution is 7.15. The largest absolute Gasteiger partial charge is 0.377 e. The molecule has 6 heterocycles. The fraction of sp³-hybridized carbons (Fsp3) is 0.440. The predicted octanol–water partition coefficient (Wildman–Crippen LogP) is 4.85. The molecular formula is C25H28N6O2S. The van der Waals surface area contributed by atoms with E-state index in [2.05, 4.69) is 34.0 Å². The molecule has 0 radical (unpaired) electrons. The third kappa shape index (κ3) is 3.87. The molecule has 0 spiro atoms. The van der Waals surface area contributed by atoms with Gasteiger partial charge in [-0.05, 0) is 51.3 Å². The molecule has 2 fully saturated rings. The van der Waals surface area contributed by atoms with E-state index in [-0.39, 0.29) is 12.3 Å². The molecule has 2 unspecified atom stereocenters. The predicted molar refractivity (Wildman–Crippen MR) is 133 cm³/mol. The Morgan fingerprint density at radius 3 is 2.85 bits per heavy atom. The first-order valence-electron chi connectivity index (χ1n) is 11.9. The number of aromatic nitrogens is 5. The van der Waals surface area contributed by atoms with E-state index in [0.717, 1.165) is 76.0 Å². The maximum Gasteiger partial charge on any atom is 0.150 e. The fourth-order valence-corrected chi connectivity index (χ4v) is 5.69. The van der Waals surface area contributed by atoms with Crippen molar-refractivity contribution in [3.8, 4) is 21.8 Å². The van der Waals surface area contributed by atoms with Crippen LogP contribution in [0.5, 0.6) is 0 Å². The molecule has 0 aliphatic carbocycles. The van der Waals surface area contributed by atoms with Crippen molar-refractivity contribution < 1.29 is 9.47 Å². The number of pyridine rings is 2. The molecule has 2 atom stereocenters. The van der Waals surface area contributed by atoms with Crippen LogP contribution in [0.1, 0.15) is 37.4 Å². The van der Waals surface area contributed by atoms with Crippen molar-refractivity contribution in [2.24, 2.45) is 0 Å². The molecule has 176 valence electrons. The van der Waals surface area contributed by atoms with Crippen LogP contribution in [0.15, 0.2) is 36.8 Å². The van der Waals surface area contributed by atoms with Crippen LogP contribution in [0.3, 0.4) is 0 Å². The van der Waals surface area contributed by atoms with Crippen LogP contribution in [0.25, 0.3) is 32.7 Å². The Bertz CT molecular complexity index is 1310. The van der Waals surface area contributed by atoms with Gasteiger partial charge in [0.1, 0.15) is 17.0 Å². The summed E-state index contributed by atoms with van der Waals surface area (Å²) in [5, 5.41) is 6.73. The number of hydrogen-bond acceptors (Lipinski definition) is 8. The van der Waals surface area contributed by atoms with Gasteiger partial charge in [0.05, 0.1) is 34.8 Å². The zero-order valence-corrected chi connectivity index (χ0v) is 20.3. The third-order valence-corrected chi connectivity index (χ3v) is 7.55. The Hall–Kier alpha value is -2.88. The molecule has 0 amide bonds. The van der Waals surface area contributed by atoms with E-state index in [1.54, 1.807) is 11.3 Å². The van der Waals surface area contributed by atoms with E-state index in [1.807, 2.05) is 36.3 Å². The summed E-state index contributed by atoms with van der Waals surface area (Å²) in [6, 6.07) is 6.52. The standard InChI is InChI=1S/C25H28N6O2S/c1-16-15-32-12-10-30(16)22-13-19(21-14-27-17(2)34-21)18-6-8-26-25(24(18)29-22)20-7-9-28-31(20)23-5-3-4-11-33-23/h6-9,13-14,16,23H,3-5,10-12,15H2,1-2H3. The Labute approximate surface area is 202 Å². The highest BCUT2D eigenvalue weighted by Gasteiger charge is 2.25. The summed E-state index contributed by atoms with van der Waals surface area (Å²) in [7, 11) is 0. The van der Waals surface area contributed by atoms with E-state index in [0.29, 0.717) is 13.2 Å². The normalized spacial score (nSPS) is 21.3. The molecule has 0 aromatic carbocycles. The Morgan fingerprint density at radius 2 is 2.06 bits per heavy atom. The molecule has 0 N–H and O–H groups in total. The Balaban J connectivity index is 1.56. The monoisotopic (exact) mass is 476 g/mol. The number of thiazole rings is 1. The van der Waals surface area contributed by atoms with Crippen LogP contribution in [0.4, 0.5) is 5.82 Å². The summed E-state index contributed by atoms with van der Waals surface area (Å²) >= 11 is 1.70. The van der Waals surface area contributed by atoms with Crippen LogP contribution in [0, 0.1) is 6.92 Å². The number of nitrogens with zero attached hydrogens (tertiary/aromatic N) is 6. The summed E-state index contributed by atoms with van der Waals surface area (Å²) in [5.74, 6) is 0.943. The second kappa shape index (κ2) is 9.05. The van der Waals surface area contributed by atoms with Gasteiger partial charge in [0.2, 0.25) is 0 Å². The molecule has 4 aromatic heterocycles. The molecule has 34 heavy (non-hydrogen) atoms. The maximum atomic E-state index is 6.05. The topological polar surface area (TPSA) is 78.2 Å². The number of fused-ring (bicyclic) bond motifs is 1. The first-order valence-corrected chi connectivity index (χ1v) is 12.7. The summed E-state index contributed by atoms with van der Waals surface area (Å²) in [5.41, 5.74) is 3.77. The van der Waals surface area contributed by atoms with Crippen molar-refractivity contribution in [3.05, 3.63) is 41.8 Å².